The maximum atomic E-state index is 3.81. The summed E-state index contributed by atoms with van der Waals surface area (Å²) in [5.74, 6) is 0. The van der Waals surface area contributed by atoms with Crippen LogP contribution in [0.5, 0.6) is 0 Å². The number of rotatable bonds is 6. The fraction of sp³-hybridized carbons (Fsp3) is 1.00. The van der Waals surface area contributed by atoms with E-state index in [1.165, 1.54) is 51.6 Å². The Morgan fingerprint density at radius 3 is 2.44 bits per heavy atom. The monoisotopic (exact) mass is 252 g/mol. The number of nitrogens with zero attached hydrogens (tertiary/aromatic N) is 1. The zero-order valence-corrected chi connectivity index (χ0v) is 12.8. The number of hydrogen-bond donors (Lipinski definition) is 1. The smallest absolute Gasteiger partial charge is 0.0257 e. The van der Waals surface area contributed by atoms with Gasteiger partial charge in [-0.1, -0.05) is 27.7 Å². The minimum absolute atomic E-state index is 0.539. The van der Waals surface area contributed by atoms with Crippen LogP contribution in [-0.2, 0) is 0 Å². The van der Waals surface area contributed by atoms with E-state index in [2.05, 4.69) is 37.9 Å². The van der Waals surface area contributed by atoms with Gasteiger partial charge in [0.05, 0.1) is 0 Å². The van der Waals surface area contributed by atoms with Gasteiger partial charge >= 0.3 is 0 Å². The van der Waals surface area contributed by atoms with Crippen LogP contribution in [0.2, 0.25) is 0 Å². The third kappa shape index (κ3) is 3.48. The van der Waals surface area contributed by atoms with E-state index in [9.17, 15) is 0 Å². The molecule has 0 aromatic rings. The Hall–Kier alpha value is -0.0800. The van der Waals surface area contributed by atoms with Crippen molar-refractivity contribution in [3.63, 3.8) is 0 Å². The van der Waals surface area contributed by atoms with Crippen LogP contribution < -0.4 is 5.32 Å². The van der Waals surface area contributed by atoms with Gasteiger partial charge < -0.3 is 5.32 Å². The van der Waals surface area contributed by atoms with Gasteiger partial charge in [-0.2, -0.15) is 0 Å². The van der Waals surface area contributed by atoms with Gasteiger partial charge in [0, 0.05) is 18.1 Å². The summed E-state index contributed by atoms with van der Waals surface area (Å²) >= 11 is 0. The molecule has 2 atom stereocenters. The van der Waals surface area contributed by atoms with Crippen molar-refractivity contribution in [2.45, 2.75) is 84.3 Å². The molecule has 2 heteroatoms. The molecule has 0 amide bonds. The van der Waals surface area contributed by atoms with E-state index in [1.807, 2.05) is 0 Å². The third-order valence-corrected chi connectivity index (χ3v) is 4.82. The van der Waals surface area contributed by atoms with Crippen LogP contribution in [0.15, 0.2) is 0 Å². The number of hydrogen-bond acceptors (Lipinski definition) is 2. The third-order valence-electron chi connectivity index (χ3n) is 4.82. The molecular weight excluding hydrogens is 220 g/mol. The maximum Gasteiger partial charge on any atom is 0.0257 e. The predicted molar refractivity (Wildman–Crippen MR) is 78.9 cm³/mol. The highest BCUT2D eigenvalue weighted by Gasteiger charge is 2.41. The van der Waals surface area contributed by atoms with Crippen LogP contribution in [0.1, 0.15) is 66.2 Å². The molecule has 2 saturated carbocycles. The molecule has 0 aromatic heterocycles. The van der Waals surface area contributed by atoms with Crippen molar-refractivity contribution in [3.05, 3.63) is 0 Å². The van der Waals surface area contributed by atoms with Crippen molar-refractivity contribution < 1.29 is 0 Å². The van der Waals surface area contributed by atoms with Gasteiger partial charge in [0.25, 0.3) is 0 Å². The predicted octanol–water partition coefficient (Wildman–Crippen LogP) is 3.42. The summed E-state index contributed by atoms with van der Waals surface area (Å²) in [6.07, 6.45) is 8.24. The van der Waals surface area contributed by atoms with Crippen LogP contribution in [0.4, 0.5) is 0 Å². The van der Waals surface area contributed by atoms with Crippen molar-refractivity contribution in [1.82, 2.24) is 10.2 Å². The maximum absolute atomic E-state index is 3.81. The minimum atomic E-state index is 0.539. The first kappa shape index (κ1) is 14.3. The molecule has 106 valence electrons. The second kappa shape index (κ2) is 5.92. The molecule has 2 rings (SSSR count). The van der Waals surface area contributed by atoms with E-state index in [1.54, 1.807) is 0 Å². The molecule has 2 unspecified atom stereocenters. The lowest BCUT2D eigenvalue weighted by atomic mass is 9.72. The van der Waals surface area contributed by atoms with E-state index in [0.29, 0.717) is 5.41 Å². The van der Waals surface area contributed by atoms with Crippen LogP contribution in [-0.4, -0.2) is 36.1 Å². The molecule has 0 aliphatic heterocycles. The zero-order chi connectivity index (χ0) is 13.2. The first-order valence-corrected chi connectivity index (χ1v) is 8.06. The van der Waals surface area contributed by atoms with E-state index < -0.39 is 0 Å². The second-order valence-electron chi connectivity index (χ2n) is 7.10. The molecule has 2 aliphatic rings. The van der Waals surface area contributed by atoms with Crippen molar-refractivity contribution in [1.29, 1.82) is 0 Å². The van der Waals surface area contributed by atoms with Gasteiger partial charge in [0.15, 0.2) is 0 Å². The standard InChI is InChI=1S/C16H32N2/c1-5-11-17-14-9-10-16(3,4)12-15(14)18(6-2)13-7-8-13/h13-15,17H,5-12H2,1-4H3. The van der Waals surface area contributed by atoms with E-state index in [0.717, 1.165) is 18.1 Å². The molecule has 18 heavy (non-hydrogen) atoms. The molecule has 2 nitrogen and oxygen atoms in total. The summed E-state index contributed by atoms with van der Waals surface area (Å²) < 4.78 is 0. The van der Waals surface area contributed by atoms with E-state index >= 15 is 0 Å². The zero-order valence-electron chi connectivity index (χ0n) is 12.8. The van der Waals surface area contributed by atoms with Crippen LogP contribution >= 0.6 is 0 Å². The van der Waals surface area contributed by atoms with Crippen LogP contribution in [0.25, 0.3) is 0 Å². The van der Waals surface area contributed by atoms with Crippen LogP contribution in [0.3, 0.4) is 0 Å². The SMILES string of the molecule is CCCNC1CCC(C)(C)CC1N(CC)C1CC1. The summed E-state index contributed by atoms with van der Waals surface area (Å²) in [6, 6.07) is 2.41. The van der Waals surface area contributed by atoms with Crippen molar-refractivity contribution >= 4 is 0 Å². The molecule has 0 bridgehead atoms. The highest BCUT2D eigenvalue weighted by molar-refractivity contribution is 4.98. The van der Waals surface area contributed by atoms with E-state index in [-0.39, 0.29) is 0 Å². The van der Waals surface area contributed by atoms with Crippen molar-refractivity contribution in [2.75, 3.05) is 13.1 Å². The Balaban J connectivity index is 2.02. The largest absolute Gasteiger partial charge is 0.312 e. The summed E-state index contributed by atoms with van der Waals surface area (Å²) in [5.41, 5.74) is 0.539. The Bertz CT molecular complexity index is 258. The van der Waals surface area contributed by atoms with Crippen molar-refractivity contribution in [2.24, 2.45) is 5.41 Å². The molecule has 2 fully saturated rings. The summed E-state index contributed by atoms with van der Waals surface area (Å²) in [4.78, 5) is 2.80. The average molecular weight is 252 g/mol. The normalized spacial score (nSPS) is 31.8. The molecule has 2 aliphatic carbocycles. The van der Waals surface area contributed by atoms with Gasteiger partial charge in [-0.05, 0) is 57.0 Å². The lowest BCUT2D eigenvalue weighted by Crippen LogP contribution is -2.55. The highest BCUT2D eigenvalue weighted by Crippen LogP contribution is 2.40. The molecule has 0 aromatic carbocycles. The number of nitrogens with one attached hydrogen (secondary N) is 1. The number of likely N-dealkylation sites (N-methyl/N-ethyl adjacent to an activating group) is 1. The van der Waals surface area contributed by atoms with Crippen molar-refractivity contribution in [3.8, 4) is 0 Å². The average Bonchev–Trinajstić information content (AvgIpc) is 3.13. The molecular formula is C16H32N2. The Morgan fingerprint density at radius 2 is 1.89 bits per heavy atom. The molecule has 0 spiro atoms. The first-order chi connectivity index (χ1) is 8.57. The fourth-order valence-electron chi connectivity index (χ4n) is 3.64. The second-order valence-corrected chi connectivity index (χ2v) is 7.10. The lowest BCUT2D eigenvalue weighted by Gasteiger charge is -2.46. The molecule has 0 radical (unpaired) electrons. The Morgan fingerprint density at radius 1 is 1.17 bits per heavy atom. The van der Waals surface area contributed by atoms with Gasteiger partial charge in [-0.25, -0.2) is 0 Å². The fourth-order valence-corrected chi connectivity index (χ4v) is 3.64. The Kier molecular flexibility index (Phi) is 4.71. The minimum Gasteiger partial charge on any atom is -0.312 e. The van der Waals surface area contributed by atoms with Gasteiger partial charge in [0.1, 0.15) is 0 Å². The lowest BCUT2D eigenvalue weighted by molar-refractivity contribution is 0.0629. The molecule has 0 heterocycles. The Labute approximate surface area is 114 Å². The molecule has 1 N–H and O–H groups in total. The summed E-state index contributed by atoms with van der Waals surface area (Å²) in [5, 5.41) is 3.81. The van der Waals surface area contributed by atoms with E-state index in [4.69, 9.17) is 0 Å². The first-order valence-electron chi connectivity index (χ1n) is 8.06. The van der Waals surface area contributed by atoms with Gasteiger partial charge in [-0.3, -0.25) is 4.90 Å². The van der Waals surface area contributed by atoms with Crippen LogP contribution in [0, 0.1) is 5.41 Å². The topological polar surface area (TPSA) is 15.3 Å². The van der Waals surface area contributed by atoms with Gasteiger partial charge in [-0.15, -0.1) is 0 Å². The summed E-state index contributed by atoms with van der Waals surface area (Å²) in [6.45, 7) is 11.9. The highest BCUT2D eigenvalue weighted by atomic mass is 15.2. The summed E-state index contributed by atoms with van der Waals surface area (Å²) in [7, 11) is 0. The van der Waals surface area contributed by atoms with Gasteiger partial charge in [0.2, 0.25) is 0 Å². The quantitative estimate of drug-likeness (QED) is 0.779. The molecule has 0 saturated heterocycles.